The highest BCUT2D eigenvalue weighted by molar-refractivity contribution is 8.13. The minimum Gasteiger partial charge on any atom is -0.481 e. The summed E-state index contributed by atoms with van der Waals surface area (Å²) >= 11 is 2.82. The number of halogens is 2. The molecule has 0 radical (unpaired) electrons. The molecule has 2 atom stereocenters. The largest absolute Gasteiger partial charge is 0.481 e. The van der Waals surface area contributed by atoms with Gasteiger partial charge in [0.15, 0.2) is 0 Å². The zero-order valence-electron chi connectivity index (χ0n) is 15.2. The number of aliphatic carboxylic acids is 1. The summed E-state index contributed by atoms with van der Waals surface area (Å²) in [4.78, 5) is 24.2. The van der Waals surface area contributed by atoms with Gasteiger partial charge in [-0.05, 0) is 29.9 Å². The summed E-state index contributed by atoms with van der Waals surface area (Å²) < 4.78 is 26.4. The molecule has 0 saturated carbocycles. The van der Waals surface area contributed by atoms with E-state index in [1.807, 2.05) is 0 Å². The number of carboxylic acids is 1. The molecule has 1 aliphatic heterocycles. The Kier molecular flexibility index (Phi) is 9.27. The van der Waals surface area contributed by atoms with Gasteiger partial charge >= 0.3 is 5.97 Å². The summed E-state index contributed by atoms with van der Waals surface area (Å²) in [6.45, 7) is 0.545. The molecule has 1 aromatic carbocycles. The fraction of sp³-hybridized carbons (Fsp3) is 0.474. The fourth-order valence-corrected chi connectivity index (χ4v) is 4.64. The van der Waals surface area contributed by atoms with Crippen molar-refractivity contribution in [3.05, 3.63) is 47.5 Å². The molecule has 1 amide bonds. The Hall–Kier alpha value is -1.58. The Labute approximate surface area is 171 Å². The number of aliphatic hydroxyl groups is 1. The van der Waals surface area contributed by atoms with Crippen LogP contribution in [0, 0.1) is 11.6 Å². The molecule has 2 rings (SSSR count). The molecule has 2 N–H and O–H groups in total. The first-order valence-corrected chi connectivity index (χ1v) is 11.0. The van der Waals surface area contributed by atoms with E-state index in [9.17, 15) is 23.5 Å². The molecule has 1 aromatic rings. The molecule has 0 spiro atoms. The molecule has 154 valence electrons. The Morgan fingerprint density at radius 3 is 2.71 bits per heavy atom. The molecule has 1 saturated heterocycles. The molecule has 0 bridgehead atoms. The standard InChI is InChI=1S/C19H23F2NO4S2/c20-14-8-13(9-15(21)11-14)10-17(23)4-3-16-12-28-19(26)22(16)5-7-27-6-1-2-18(24)25/h3-4,8-9,11,16-17,23H,1-2,5-7,10,12H2,(H,24,25)/t16-,17+/m0/s1. The predicted molar refractivity (Wildman–Crippen MR) is 108 cm³/mol. The molecule has 1 fully saturated rings. The molecule has 9 heteroatoms. The Morgan fingerprint density at radius 2 is 2.04 bits per heavy atom. The number of aliphatic hydroxyl groups excluding tert-OH is 1. The zero-order valence-corrected chi connectivity index (χ0v) is 16.9. The fourth-order valence-electron chi connectivity index (χ4n) is 2.77. The van der Waals surface area contributed by atoms with Gasteiger partial charge in [0.1, 0.15) is 11.6 Å². The van der Waals surface area contributed by atoms with E-state index in [1.54, 1.807) is 28.8 Å². The number of benzene rings is 1. The third kappa shape index (κ3) is 7.81. The minimum absolute atomic E-state index is 0.0255. The third-order valence-corrected chi connectivity index (χ3v) is 6.13. The topological polar surface area (TPSA) is 77.8 Å². The molecule has 5 nitrogen and oxygen atoms in total. The Bertz CT molecular complexity index is 697. The first kappa shape index (κ1) is 22.7. The molecule has 1 heterocycles. The number of carbonyl (C=O) groups excluding carboxylic acids is 1. The molecular weight excluding hydrogens is 408 g/mol. The molecule has 0 aliphatic carbocycles. The molecule has 0 aromatic heterocycles. The SMILES string of the molecule is O=C(O)CCCSCCN1C(=O)SC[C@@H]1C=C[C@@H](O)Cc1cc(F)cc(F)c1. The highest BCUT2D eigenvalue weighted by Crippen LogP contribution is 2.25. The van der Waals surface area contributed by atoms with Crippen molar-refractivity contribution in [1.29, 1.82) is 0 Å². The van der Waals surface area contributed by atoms with Crippen LogP contribution in [0.2, 0.25) is 0 Å². The molecule has 28 heavy (non-hydrogen) atoms. The van der Waals surface area contributed by atoms with Crippen LogP contribution < -0.4 is 0 Å². The van der Waals surface area contributed by atoms with Gasteiger partial charge in [0.2, 0.25) is 0 Å². The van der Waals surface area contributed by atoms with E-state index >= 15 is 0 Å². The van der Waals surface area contributed by atoms with Crippen LogP contribution >= 0.6 is 23.5 Å². The van der Waals surface area contributed by atoms with Crippen LogP contribution in [0.25, 0.3) is 0 Å². The van der Waals surface area contributed by atoms with Gasteiger partial charge in [0.05, 0.1) is 12.1 Å². The predicted octanol–water partition coefficient (Wildman–Crippen LogP) is 3.56. The van der Waals surface area contributed by atoms with Gasteiger partial charge in [-0.25, -0.2) is 8.78 Å². The molecule has 1 aliphatic rings. The van der Waals surface area contributed by atoms with Crippen molar-refractivity contribution in [1.82, 2.24) is 4.90 Å². The number of hydrogen-bond donors (Lipinski definition) is 2. The van der Waals surface area contributed by atoms with Gasteiger partial charge in [-0.3, -0.25) is 9.59 Å². The van der Waals surface area contributed by atoms with Crippen molar-refractivity contribution in [3.63, 3.8) is 0 Å². The lowest BCUT2D eigenvalue weighted by Crippen LogP contribution is -2.34. The summed E-state index contributed by atoms with van der Waals surface area (Å²) in [6.07, 6.45) is 3.22. The number of thioether (sulfide) groups is 2. The van der Waals surface area contributed by atoms with Crippen LogP contribution in [0.5, 0.6) is 0 Å². The van der Waals surface area contributed by atoms with Crippen molar-refractivity contribution in [2.24, 2.45) is 0 Å². The number of rotatable bonds is 11. The first-order valence-electron chi connectivity index (χ1n) is 8.89. The summed E-state index contributed by atoms with van der Waals surface area (Å²) in [6, 6.07) is 3.01. The summed E-state index contributed by atoms with van der Waals surface area (Å²) in [7, 11) is 0. The van der Waals surface area contributed by atoms with E-state index in [-0.39, 0.29) is 24.1 Å². The molecule has 0 unspecified atom stereocenters. The highest BCUT2D eigenvalue weighted by atomic mass is 32.2. The second kappa shape index (κ2) is 11.4. The average molecular weight is 432 g/mol. The monoisotopic (exact) mass is 431 g/mol. The van der Waals surface area contributed by atoms with Gasteiger partial charge in [-0.15, -0.1) is 0 Å². The number of carbonyl (C=O) groups is 2. The van der Waals surface area contributed by atoms with Crippen molar-refractivity contribution in [3.8, 4) is 0 Å². The lowest BCUT2D eigenvalue weighted by molar-refractivity contribution is -0.137. The van der Waals surface area contributed by atoms with Crippen LogP contribution in [0.15, 0.2) is 30.4 Å². The second-order valence-corrected chi connectivity index (χ2v) is 8.58. The van der Waals surface area contributed by atoms with E-state index < -0.39 is 23.7 Å². The van der Waals surface area contributed by atoms with E-state index in [2.05, 4.69) is 0 Å². The van der Waals surface area contributed by atoms with E-state index in [4.69, 9.17) is 5.11 Å². The maximum absolute atomic E-state index is 13.2. The van der Waals surface area contributed by atoms with Crippen LogP contribution in [-0.4, -0.2) is 62.3 Å². The van der Waals surface area contributed by atoms with E-state index in [1.165, 1.54) is 23.9 Å². The van der Waals surface area contributed by atoms with Crippen LogP contribution in [-0.2, 0) is 11.2 Å². The van der Waals surface area contributed by atoms with Crippen molar-refractivity contribution in [2.75, 3.05) is 23.8 Å². The van der Waals surface area contributed by atoms with Crippen LogP contribution in [0.4, 0.5) is 13.6 Å². The highest BCUT2D eigenvalue weighted by Gasteiger charge is 2.29. The average Bonchev–Trinajstić information content (AvgIpc) is 2.95. The second-order valence-electron chi connectivity index (χ2n) is 6.38. The molecular formula is C19H23F2NO4S2. The number of carboxylic acid groups (broad SMARTS) is 1. The summed E-state index contributed by atoms with van der Waals surface area (Å²) in [5.41, 5.74) is 0.362. The Morgan fingerprint density at radius 1 is 1.32 bits per heavy atom. The first-order chi connectivity index (χ1) is 13.3. The lowest BCUT2D eigenvalue weighted by Gasteiger charge is -2.21. The Balaban J connectivity index is 1.80. The lowest BCUT2D eigenvalue weighted by atomic mass is 10.1. The van der Waals surface area contributed by atoms with Gasteiger partial charge in [0.25, 0.3) is 5.24 Å². The van der Waals surface area contributed by atoms with E-state index in [0.717, 1.165) is 11.8 Å². The van der Waals surface area contributed by atoms with Gasteiger partial charge < -0.3 is 15.1 Å². The summed E-state index contributed by atoms with van der Waals surface area (Å²) in [5.74, 6) is -0.157. The third-order valence-electron chi connectivity index (χ3n) is 4.09. The maximum atomic E-state index is 13.2. The zero-order chi connectivity index (χ0) is 20.5. The normalized spacial score (nSPS) is 18.2. The van der Waals surface area contributed by atoms with Crippen molar-refractivity contribution in [2.45, 2.75) is 31.4 Å². The maximum Gasteiger partial charge on any atom is 0.303 e. The van der Waals surface area contributed by atoms with E-state index in [0.29, 0.717) is 30.0 Å². The van der Waals surface area contributed by atoms with Crippen LogP contribution in [0.3, 0.4) is 0 Å². The number of hydrogen-bond acceptors (Lipinski definition) is 5. The van der Waals surface area contributed by atoms with Crippen LogP contribution in [0.1, 0.15) is 18.4 Å². The quantitative estimate of drug-likeness (QED) is 0.412. The minimum atomic E-state index is -0.908. The van der Waals surface area contributed by atoms with Gasteiger partial charge in [-0.2, -0.15) is 11.8 Å². The number of amides is 1. The van der Waals surface area contributed by atoms with Gasteiger partial charge in [0, 0.05) is 37.0 Å². The van der Waals surface area contributed by atoms with Gasteiger partial charge in [-0.1, -0.05) is 23.9 Å². The smallest absolute Gasteiger partial charge is 0.303 e. The van der Waals surface area contributed by atoms with Crippen molar-refractivity contribution >= 4 is 34.7 Å². The summed E-state index contributed by atoms with van der Waals surface area (Å²) in [5, 5.41) is 18.7. The van der Waals surface area contributed by atoms with Crippen molar-refractivity contribution < 1.29 is 28.6 Å². The number of nitrogens with zero attached hydrogens (tertiary/aromatic N) is 1.